The number of hydrogen-bond acceptors (Lipinski definition) is 6. The predicted octanol–water partition coefficient (Wildman–Crippen LogP) is 2.87. The van der Waals surface area contributed by atoms with Crippen molar-refractivity contribution in [3.63, 3.8) is 0 Å². The number of esters is 1. The van der Waals surface area contributed by atoms with Gasteiger partial charge in [-0.15, -0.1) is 0 Å². The van der Waals surface area contributed by atoms with E-state index in [1.54, 1.807) is 30.3 Å². The predicted molar refractivity (Wildman–Crippen MR) is 104 cm³/mol. The molecule has 0 aliphatic carbocycles. The first-order valence-corrected chi connectivity index (χ1v) is 8.65. The van der Waals surface area contributed by atoms with Crippen LogP contribution < -0.4 is 19.5 Å². The summed E-state index contributed by atoms with van der Waals surface area (Å²) >= 11 is 2.17. The number of amides is 1. The van der Waals surface area contributed by atoms with Crippen molar-refractivity contribution in [3.05, 3.63) is 46.0 Å². The third-order valence-electron chi connectivity index (χ3n) is 3.22. The van der Waals surface area contributed by atoms with Crippen LogP contribution in [0.1, 0.15) is 0 Å². The van der Waals surface area contributed by atoms with Gasteiger partial charge >= 0.3 is 5.97 Å². The molecular formula is C18H18INO6. The molecule has 0 spiro atoms. The average Bonchev–Trinajstić information content (AvgIpc) is 2.66. The Hall–Kier alpha value is -2.49. The molecule has 2 aromatic rings. The summed E-state index contributed by atoms with van der Waals surface area (Å²) in [5, 5.41) is 2.61. The molecule has 0 bridgehead atoms. The van der Waals surface area contributed by atoms with E-state index in [2.05, 4.69) is 27.9 Å². The van der Waals surface area contributed by atoms with Gasteiger partial charge in [0.15, 0.2) is 13.2 Å². The number of anilines is 1. The molecule has 0 fully saturated rings. The van der Waals surface area contributed by atoms with E-state index in [4.69, 9.17) is 18.9 Å². The zero-order chi connectivity index (χ0) is 18.9. The summed E-state index contributed by atoms with van der Waals surface area (Å²) in [6.45, 7) is -0.705. The van der Waals surface area contributed by atoms with Crippen LogP contribution in [0.4, 0.5) is 5.69 Å². The van der Waals surface area contributed by atoms with Gasteiger partial charge in [0, 0.05) is 9.64 Å². The van der Waals surface area contributed by atoms with Gasteiger partial charge in [0.1, 0.15) is 17.2 Å². The quantitative estimate of drug-likeness (QED) is 0.471. The summed E-state index contributed by atoms with van der Waals surface area (Å²) < 4.78 is 21.5. The first-order chi connectivity index (χ1) is 12.5. The minimum atomic E-state index is -0.639. The number of carbonyl (C=O) groups excluding carboxylic acids is 2. The number of ether oxygens (including phenoxy) is 4. The van der Waals surface area contributed by atoms with Crippen LogP contribution in [0.5, 0.6) is 17.2 Å². The highest BCUT2D eigenvalue weighted by Gasteiger charge is 2.12. The molecule has 7 nitrogen and oxygen atoms in total. The maximum absolute atomic E-state index is 11.9. The zero-order valence-electron chi connectivity index (χ0n) is 14.3. The van der Waals surface area contributed by atoms with Gasteiger partial charge in [0.25, 0.3) is 5.91 Å². The van der Waals surface area contributed by atoms with Gasteiger partial charge in [0.05, 0.1) is 19.9 Å². The normalized spacial score (nSPS) is 9.96. The van der Waals surface area contributed by atoms with Crippen molar-refractivity contribution in [1.82, 2.24) is 0 Å². The van der Waals surface area contributed by atoms with Crippen LogP contribution in [0.3, 0.4) is 0 Å². The van der Waals surface area contributed by atoms with Gasteiger partial charge in [0.2, 0.25) is 0 Å². The number of halogens is 1. The lowest BCUT2D eigenvalue weighted by molar-refractivity contribution is -0.149. The third kappa shape index (κ3) is 6.10. The van der Waals surface area contributed by atoms with Crippen molar-refractivity contribution in [3.8, 4) is 17.2 Å². The second-order valence-corrected chi connectivity index (χ2v) is 6.26. The van der Waals surface area contributed by atoms with Crippen molar-refractivity contribution in [2.45, 2.75) is 0 Å². The van der Waals surface area contributed by atoms with E-state index < -0.39 is 18.5 Å². The Morgan fingerprint density at radius 2 is 1.65 bits per heavy atom. The number of rotatable bonds is 8. The molecule has 0 saturated carbocycles. The molecule has 0 aromatic heterocycles. The van der Waals surface area contributed by atoms with Gasteiger partial charge in [-0.2, -0.15) is 0 Å². The van der Waals surface area contributed by atoms with E-state index in [0.29, 0.717) is 22.9 Å². The van der Waals surface area contributed by atoms with Gasteiger partial charge in [-0.3, -0.25) is 4.79 Å². The molecule has 0 heterocycles. The first-order valence-electron chi connectivity index (χ1n) is 7.57. The van der Waals surface area contributed by atoms with Crippen LogP contribution >= 0.6 is 22.6 Å². The first kappa shape index (κ1) is 19.8. The summed E-state index contributed by atoms with van der Waals surface area (Å²) in [6, 6.07) is 12.2. The molecule has 138 valence electrons. The minimum Gasteiger partial charge on any atom is -0.497 e. The van der Waals surface area contributed by atoms with Crippen LogP contribution in [-0.2, 0) is 14.3 Å². The lowest BCUT2D eigenvalue weighted by atomic mass is 10.2. The van der Waals surface area contributed by atoms with Crippen molar-refractivity contribution in [2.75, 3.05) is 32.8 Å². The van der Waals surface area contributed by atoms with Crippen LogP contribution in [-0.4, -0.2) is 39.3 Å². The lowest BCUT2D eigenvalue weighted by Crippen LogP contribution is -2.23. The fourth-order valence-electron chi connectivity index (χ4n) is 1.95. The molecule has 1 amide bonds. The Morgan fingerprint density at radius 1 is 0.962 bits per heavy atom. The molecule has 0 aliphatic rings. The largest absolute Gasteiger partial charge is 0.497 e. The van der Waals surface area contributed by atoms with E-state index in [-0.39, 0.29) is 6.61 Å². The summed E-state index contributed by atoms with van der Waals surface area (Å²) in [5.74, 6) is 0.455. The maximum Gasteiger partial charge on any atom is 0.344 e. The second-order valence-electron chi connectivity index (χ2n) is 5.02. The Kier molecular flexibility index (Phi) is 7.52. The standard InChI is InChI=1S/C18H18INO6/c1-23-14-7-8-15(16(9-14)24-2)20-17(21)10-26-18(22)11-25-13-5-3-12(19)4-6-13/h3-9H,10-11H2,1-2H3,(H,20,21). The number of hydrogen-bond donors (Lipinski definition) is 1. The molecule has 2 rings (SSSR count). The molecular weight excluding hydrogens is 453 g/mol. The van der Waals surface area contributed by atoms with Gasteiger partial charge in [-0.1, -0.05) is 0 Å². The Bertz CT molecular complexity index is 763. The number of methoxy groups -OCH3 is 2. The van der Waals surface area contributed by atoms with Crippen molar-refractivity contribution >= 4 is 40.2 Å². The second kappa shape index (κ2) is 9.85. The third-order valence-corrected chi connectivity index (χ3v) is 3.94. The zero-order valence-corrected chi connectivity index (χ0v) is 16.4. The molecule has 0 aliphatic heterocycles. The number of nitrogens with one attached hydrogen (secondary N) is 1. The Balaban J connectivity index is 1.79. The van der Waals surface area contributed by atoms with Crippen LogP contribution in [0.2, 0.25) is 0 Å². The molecule has 8 heteroatoms. The highest BCUT2D eigenvalue weighted by Crippen LogP contribution is 2.28. The molecule has 0 unspecified atom stereocenters. The van der Waals surface area contributed by atoms with E-state index in [9.17, 15) is 9.59 Å². The summed E-state index contributed by atoms with van der Waals surface area (Å²) in [5.41, 5.74) is 0.449. The highest BCUT2D eigenvalue weighted by molar-refractivity contribution is 14.1. The van der Waals surface area contributed by atoms with Crippen molar-refractivity contribution in [1.29, 1.82) is 0 Å². The Labute approximate surface area is 164 Å². The smallest absolute Gasteiger partial charge is 0.344 e. The number of carbonyl (C=O) groups is 2. The lowest BCUT2D eigenvalue weighted by Gasteiger charge is -2.12. The molecule has 26 heavy (non-hydrogen) atoms. The summed E-state index contributed by atoms with van der Waals surface area (Å²) in [6.07, 6.45) is 0. The van der Waals surface area contributed by atoms with E-state index in [1.165, 1.54) is 14.2 Å². The monoisotopic (exact) mass is 471 g/mol. The number of benzene rings is 2. The molecule has 1 N–H and O–H groups in total. The van der Waals surface area contributed by atoms with Crippen molar-refractivity contribution in [2.24, 2.45) is 0 Å². The van der Waals surface area contributed by atoms with E-state index in [0.717, 1.165) is 3.57 Å². The molecule has 0 radical (unpaired) electrons. The molecule has 0 saturated heterocycles. The SMILES string of the molecule is COc1ccc(NC(=O)COC(=O)COc2ccc(I)cc2)c(OC)c1. The van der Waals surface area contributed by atoms with Crippen LogP contribution in [0.15, 0.2) is 42.5 Å². The minimum absolute atomic E-state index is 0.278. The maximum atomic E-state index is 11.9. The van der Waals surface area contributed by atoms with Crippen LogP contribution in [0, 0.1) is 3.57 Å². The molecule has 0 atom stereocenters. The average molecular weight is 471 g/mol. The van der Waals surface area contributed by atoms with Gasteiger partial charge in [-0.05, 0) is 59.0 Å². The Morgan fingerprint density at radius 3 is 2.31 bits per heavy atom. The summed E-state index contributed by atoms with van der Waals surface area (Å²) in [7, 11) is 3.01. The fourth-order valence-corrected chi connectivity index (χ4v) is 2.31. The topological polar surface area (TPSA) is 83.1 Å². The van der Waals surface area contributed by atoms with E-state index >= 15 is 0 Å². The fraction of sp³-hybridized carbons (Fsp3) is 0.222. The molecule has 2 aromatic carbocycles. The van der Waals surface area contributed by atoms with Crippen LogP contribution in [0.25, 0.3) is 0 Å². The van der Waals surface area contributed by atoms with Gasteiger partial charge < -0.3 is 24.3 Å². The van der Waals surface area contributed by atoms with Crippen molar-refractivity contribution < 1.29 is 28.5 Å². The van der Waals surface area contributed by atoms with E-state index in [1.807, 2.05) is 12.1 Å². The highest BCUT2D eigenvalue weighted by atomic mass is 127. The van der Waals surface area contributed by atoms with Gasteiger partial charge in [-0.25, -0.2) is 4.79 Å². The summed E-state index contributed by atoms with van der Waals surface area (Å²) in [4.78, 5) is 23.6.